The standard InChI is InChI=1S/C16H28N2O2/c1-4-16(5-2)15(20)18(11-10-14(19)17-16)13-8-6-12(3)7-9-13/h12-13H,4-11H2,1-3H3,(H,17,19). The molecule has 0 aromatic rings. The number of rotatable bonds is 3. The lowest BCUT2D eigenvalue weighted by Crippen LogP contribution is -2.58. The van der Waals surface area contributed by atoms with Crippen LogP contribution in [0.1, 0.15) is 65.7 Å². The summed E-state index contributed by atoms with van der Waals surface area (Å²) in [6.45, 7) is 6.86. The minimum Gasteiger partial charge on any atom is -0.342 e. The van der Waals surface area contributed by atoms with Gasteiger partial charge in [0, 0.05) is 19.0 Å². The Balaban J connectivity index is 2.19. The van der Waals surface area contributed by atoms with Crippen molar-refractivity contribution in [1.29, 1.82) is 0 Å². The topological polar surface area (TPSA) is 49.4 Å². The third-order valence-corrected chi connectivity index (χ3v) is 5.26. The van der Waals surface area contributed by atoms with Gasteiger partial charge in [-0.25, -0.2) is 0 Å². The Hall–Kier alpha value is -1.06. The third-order valence-electron chi connectivity index (χ3n) is 5.26. The lowest BCUT2D eigenvalue weighted by molar-refractivity contribution is -0.142. The molecule has 1 aliphatic carbocycles. The highest BCUT2D eigenvalue weighted by molar-refractivity contribution is 5.93. The fourth-order valence-corrected chi connectivity index (χ4v) is 3.61. The van der Waals surface area contributed by atoms with E-state index in [0.29, 0.717) is 31.8 Å². The van der Waals surface area contributed by atoms with E-state index in [1.807, 2.05) is 18.7 Å². The molecule has 114 valence electrons. The Morgan fingerprint density at radius 1 is 1.15 bits per heavy atom. The van der Waals surface area contributed by atoms with Crippen LogP contribution < -0.4 is 5.32 Å². The molecule has 2 amide bonds. The van der Waals surface area contributed by atoms with E-state index < -0.39 is 5.54 Å². The van der Waals surface area contributed by atoms with Crippen LogP contribution >= 0.6 is 0 Å². The van der Waals surface area contributed by atoms with Crippen LogP contribution in [-0.4, -0.2) is 34.8 Å². The zero-order valence-electron chi connectivity index (χ0n) is 13.1. The number of amides is 2. The molecule has 0 aromatic heterocycles. The summed E-state index contributed by atoms with van der Waals surface area (Å²) >= 11 is 0. The lowest BCUT2D eigenvalue weighted by atomic mass is 9.85. The molecule has 0 unspecified atom stereocenters. The van der Waals surface area contributed by atoms with Gasteiger partial charge in [-0.05, 0) is 44.4 Å². The monoisotopic (exact) mass is 280 g/mol. The van der Waals surface area contributed by atoms with Gasteiger partial charge in [0.1, 0.15) is 5.54 Å². The van der Waals surface area contributed by atoms with Gasteiger partial charge in [0.15, 0.2) is 0 Å². The second-order valence-corrected chi connectivity index (χ2v) is 6.50. The van der Waals surface area contributed by atoms with Crippen molar-refractivity contribution in [3.05, 3.63) is 0 Å². The molecule has 20 heavy (non-hydrogen) atoms. The summed E-state index contributed by atoms with van der Waals surface area (Å²) in [5.41, 5.74) is -0.670. The highest BCUT2D eigenvalue weighted by Crippen LogP contribution is 2.31. The maximum atomic E-state index is 13.0. The van der Waals surface area contributed by atoms with Crippen LogP contribution in [0.4, 0.5) is 0 Å². The SMILES string of the molecule is CCC1(CC)NC(=O)CCN(C2CCC(C)CC2)C1=O. The summed E-state index contributed by atoms with van der Waals surface area (Å²) in [7, 11) is 0. The van der Waals surface area contributed by atoms with Crippen molar-refractivity contribution in [2.45, 2.75) is 77.3 Å². The summed E-state index contributed by atoms with van der Waals surface area (Å²) in [5, 5.41) is 2.99. The Morgan fingerprint density at radius 2 is 1.75 bits per heavy atom. The Bertz CT molecular complexity index is 369. The van der Waals surface area contributed by atoms with E-state index in [4.69, 9.17) is 0 Å². The number of hydrogen-bond acceptors (Lipinski definition) is 2. The second-order valence-electron chi connectivity index (χ2n) is 6.50. The average molecular weight is 280 g/mol. The number of nitrogens with zero attached hydrogens (tertiary/aromatic N) is 1. The molecule has 1 saturated heterocycles. The van der Waals surface area contributed by atoms with Crippen LogP contribution in [0.3, 0.4) is 0 Å². The first-order chi connectivity index (χ1) is 9.52. The van der Waals surface area contributed by atoms with Crippen molar-refractivity contribution in [1.82, 2.24) is 10.2 Å². The number of carbonyl (C=O) groups is 2. The first-order valence-corrected chi connectivity index (χ1v) is 8.14. The van der Waals surface area contributed by atoms with Gasteiger partial charge < -0.3 is 10.2 Å². The first-order valence-electron chi connectivity index (χ1n) is 8.14. The van der Waals surface area contributed by atoms with Gasteiger partial charge >= 0.3 is 0 Å². The van der Waals surface area contributed by atoms with Gasteiger partial charge in [0.2, 0.25) is 11.8 Å². The third kappa shape index (κ3) is 2.84. The minimum absolute atomic E-state index is 0.0220. The van der Waals surface area contributed by atoms with E-state index in [-0.39, 0.29) is 11.8 Å². The van der Waals surface area contributed by atoms with Crippen LogP contribution in [0.2, 0.25) is 0 Å². The van der Waals surface area contributed by atoms with Crippen molar-refractivity contribution in [3.8, 4) is 0 Å². The predicted octanol–water partition coefficient (Wildman–Crippen LogP) is 2.47. The predicted molar refractivity (Wildman–Crippen MR) is 79.2 cm³/mol. The molecule has 0 radical (unpaired) electrons. The molecular weight excluding hydrogens is 252 g/mol. The highest BCUT2D eigenvalue weighted by atomic mass is 16.2. The minimum atomic E-state index is -0.670. The van der Waals surface area contributed by atoms with Crippen molar-refractivity contribution in [2.75, 3.05) is 6.54 Å². The van der Waals surface area contributed by atoms with Crippen LogP contribution in [0.5, 0.6) is 0 Å². The van der Waals surface area contributed by atoms with Crippen molar-refractivity contribution < 1.29 is 9.59 Å². The van der Waals surface area contributed by atoms with E-state index in [0.717, 1.165) is 18.8 Å². The van der Waals surface area contributed by atoms with Crippen molar-refractivity contribution in [2.24, 2.45) is 5.92 Å². The normalized spacial score (nSPS) is 30.9. The number of nitrogens with one attached hydrogen (secondary N) is 1. The summed E-state index contributed by atoms with van der Waals surface area (Å²) in [6, 6.07) is 0.337. The smallest absolute Gasteiger partial charge is 0.248 e. The number of hydrogen-bond donors (Lipinski definition) is 1. The van der Waals surface area contributed by atoms with Crippen molar-refractivity contribution in [3.63, 3.8) is 0 Å². The van der Waals surface area contributed by atoms with Gasteiger partial charge in [-0.15, -0.1) is 0 Å². The average Bonchev–Trinajstić information content (AvgIpc) is 2.58. The van der Waals surface area contributed by atoms with E-state index in [9.17, 15) is 9.59 Å². The Morgan fingerprint density at radius 3 is 2.30 bits per heavy atom. The van der Waals surface area contributed by atoms with Gasteiger partial charge in [0.05, 0.1) is 0 Å². The van der Waals surface area contributed by atoms with Crippen LogP contribution in [0, 0.1) is 5.92 Å². The van der Waals surface area contributed by atoms with Crippen LogP contribution in [0.25, 0.3) is 0 Å². The Labute approximate surface area is 122 Å². The number of carbonyl (C=O) groups excluding carboxylic acids is 2. The van der Waals surface area contributed by atoms with E-state index in [2.05, 4.69) is 12.2 Å². The molecule has 2 aliphatic rings. The highest BCUT2D eigenvalue weighted by Gasteiger charge is 2.43. The quantitative estimate of drug-likeness (QED) is 0.863. The molecule has 2 fully saturated rings. The molecule has 1 saturated carbocycles. The molecule has 2 rings (SSSR count). The molecule has 0 bridgehead atoms. The fourth-order valence-electron chi connectivity index (χ4n) is 3.61. The van der Waals surface area contributed by atoms with Gasteiger partial charge in [-0.2, -0.15) is 0 Å². The van der Waals surface area contributed by atoms with Crippen LogP contribution in [-0.2, 0) is 9.59 Å². The van der Waals surface area contributed by atoms with Gasteiger partial charge in [0.25, 0.3) is 0 Å². The molecule has 1 N–H and O–H groups in total. The summed E-state index contributed by atoms with van der Waals surface area (Å²) < 4.78 is 0. The first kappa shape index (κ1) is 15.3. The zero-order valence-corrected chi connectivity index (χ0v) is 13.1. The van der Waals surface area contributed by atoms with Crippen LogP contribution in [0.15, 0.2) is 0 Å². The van der Waals surface area contributed by atoms with E-state index in [1.54, 1.807) is 0 Å². The zero-order chi connectivity index (χ0) is 14.8. The molecule has 4 nitrogen and oxygen atoms in total. The van der Waals surface area contributed by atoms with Crippen molar-refractivity contribution >= 4 is 11.8 Å². The molecule has 0 atom stereocenters. The molecule has 1 aliphatic heterocycles. The molecule has 0 aromatic carbocycles. The molecule has 1 heterocycles. The summed E-state index contributed by atoms with van der Waals surface area (Å²) in [6.07, 6.45) is 6.36. The second kappa shape index (κ2) is 6.15. The lowest BCUT2D eigenvalue weighted by Gasteiger charge is -2.40. The van der Waals surface area contributed by atoms with E-state index in [1.165, 1.54) is 12.8 Å². The van der Waals surface area contributed by atoms with Gasteiger partial charge in [-0.3, -0.25) is 9.59 Å². The molecular formula is C16H28N2O2. The largest absolute Gasteiger partial charge is 0.342 e. The molecule has 0 spiro atoms. The maximum Gasteiger partial charge on any atom is 0.248 e. The van der Waals surface area contributed by atoms with E-state index >= 15 is 0 Å². The fraction of sp³-hybridized carbons (Fsp3) is 0.875. The summed E-state index contributed by atoms with van der Waals surface area (Å²) in [4.78, 5) is 26.9. The summed E-state index contributed by atoms with van der Waals surface area (Å²) in [5.74, 6) is 0.942. The Kier molecular flexibility index (Phi) is 4.71. The molecule has 4 heteroatoms. The maximum absolute atomic E-state index is 13.0. The van der Waals surface area contributed by atoms with Gasteiger partial charge in [-0.1, -0.05) is 20.8 Å².